The molecule has 0 unspecified atom stereocenters. The highest BCUT2D eigenvalue weighted by molar-refractivity contribution is 5.38. The minimum absolute atomic E-state index is 0.923. The van der Waals surface area contributed by atoms with Crippen molar-refractivity contribution in [2.45, 2.75) is 52.9 Å². The summed E-state index contributed by atoms with van der Waals surface area (Å²) in [5.41, 5.74) is 5.82. The maximum Gasteiger partial charge on any atom is 0.00860 e. The largest absolute Gasteiger partial charge is 0.120 e. The molecule has 16 heavy (non-hydrogen) atoms. The van der Waals surface area contributed by atoms with Gasteiger partial charge in [0.1, 0.15) is 0 Å². The minimum Gasteiger partial charge on any atom is -0.120 e. The summed E-state index contributed by atoms with van der Waals surface area (Å²) < 4.78 is 0. The summed E-state index contributed by atoms with van der Waals surface area (Å²) in [6.07, 6.45) is 11.0. The van der Waals surface area contributed by atoms with Crippen LogP contribution in [-0.4, -0.2) is 0 Å². The van der Waals surface area contributed by atoms with Crippen molar-refractivity contribution in [3.05, 3.63) is 34.4 Å². The van der Waals surface area contributed by atoms with Crippen molar-refractivity contribution in [1.82, 2.24) is 0 Å². The predicted octanol–water partition coefficient (Wildman–Crippen LogP) is 4.35. The first-order valence-electron chi connectivity index (χ1n) is 6.16. The van der Waals surface area contributed by atoms with Gasteiger partial charge in [0.05, 0.1) is 0 Å². The molecular formula is C16H22. The lowest BCUT2D eigenvalue weighted by Gasteiger charge is -2.10. The van der Waals surface area contributed by atoms with Crippen LogP contribution in [0.25, 0.3) is 0 Å². The summed E-state index contributed by atoms with van der Waals surface area (Å²) in [6.45, 7) is 6.63. The zero-order chi connectivity index (χ0) is 12.0. The van der Waals surface area contributed by atoms with Crippen LogP contribution >= 0.6 is 0 Å². The van der Waals surface area contributed by atoms with Crippen LogP contribution in [-0.2, 0) is 6.42 Å². The molecule has 0 amide bonds. The molecule has 0 N–H and O–H groups in total. The molecule has 86 valence electrons. The molecule has 0 heterocycles. The van der Waals surface area contributed by atoms with Crippen LogP contribution in [0.5, 0.6) is 0 Å². The van der Waals surface area contributed by atoms with Gasteiger partial charge in [-0.05, 0) is 62.3 Å². The van der Waals surface area contributed by atoms with Crippen LogP contribution in [0.4, 0.5) is 0 Å². The summed E-state index contributed by atoms with van der Waals surface area (Å²) in [4.78, 5) is 0. The second-order valence-corrected chi connectivity index (χ2v) is 4.56. The number of terminal acetylenes is 1. The first-order valence-corrected chi connectivity index (χ1v) is 6.16. The van der Waals surface area contributed by atoms with Crippen LogP contribution in [0.2, 0.25) is 0 Å². The molecular weight excluding hydrogens is 192 g/mol. The van der Waals surface area contributed by atoms with E-state index in [0.29, 0.717) is 0 Å². The maximum absolute atomic E-state index is 5.23. The number of aryl methyl sites for hydroxylation is 2. The molecule has 1 aromatic rings. The first kappa shape index (κ1) is 12.8. The van der Waals surface area contributed by atoms with Gasteiger partial charge in [-0.15, -0.1) is 12.3 Å². The average molecular weight is 214 g/mol. The Bertz CT molecular complexity index is 380. The van der Waals surface area contributed by atoms with Gasteiger partial charge in [-0.25, -0.2) is 0 Å². The quantitative estimate of drug-likeness (QED) is 0.505. The first-order chi connectivity index (χ1) is 7.66. The fourth-order valence-corrected chi connectivity index (χ4v) is 2.00. The molecule has 0 spiro atoms. The van der Waals surface area contributed by atoms with E-state index in [1.165, 1.54) is 47.9 Å². The monoisotopic (exact) mass is 214 g/mol. The fraction of sp³-hybridized carbons (Fsp3) is 0.500. The number of benzene rings is 1. The standard InChI is InChI=1S/C16H22/c1-5-6-7-8-9-10-16-12-11-13(2)14(3)15(16)4/h1,11-12H,6-10H2,2-4H3. The molecule has 0 nitrogen and oxygen atoms in total. The van der Waals surface area contributed by atoms with Gasteiger partial charge in [-0.2, -0.15) is 0 Å². The van der Waals surface area contributed by atoms with Crippen LogP contribution in [0, 0.1) is 33.1 Å². The van der Waals surface area contributed by atoms with Crippen LogP contribution in [0.3, 0.4) is 0 Å². The van der Waals surface area contributed by atoms with E-state index < -0.39 is 0 Å². The van der Waals surface area contributed by atoms with Crippen molar-refractivity contribution in [1.29, 1.82) is 0 Å². The number of unbranched alkanes of at least 4 members (excludes halogenated alkanes) is 3. The Kier molecular flexibility index (Phi) is 5.12. The molecule has 0 saturated heterocycles. The van der Waals surface area contributed by atoms with Crippen molar-refractivity contribution < 1.29 is 0 Å². The zero-order valence-electron chi connectivity index (χ0n) is 10.8. The summed E-state index contributed by atoms with van der Waals surface area (Å²) >= 11 is 0. The maximum atomic E-state index is 5.23. The Labute approximate surface area is 100 Å². The summed E-state index contributed by atoms with van der Waals surface area (Å²) in [6, 6.07) is 4.51. The van der Waals surface area contributed by atoms with E-state index in [1.54, 1.807) is 0 Å². The Balaban J connectivity index is 2.49. The van der Waals surface area contributed by atoms with Gasteiger partial charge in [0.15, 0.2) is 0 Å². The van der Waals surface area contributed by atoms with Gasteiger partial charge >= 0.3 is 0 Å². The molecule has 0 saturated carbocycles. The van der Waals surface area contributed by atoms with E-state index in [1.807, 2.05) is 0 Å². The van der Waals surface area contributed by atoms with E-state index in [0.717, 1.165) is 6.42 Å². The Morgan fingerprint density at radius 1 is 1.00 bits per heavy atom. The normalized spacial score (nSPS) is 10.1. The zero-order valence-corrected chi connectivity index (χ0v) is 10.8. The van der Waals surface area contributed by atoms with Crippen molar-refractivity contribution in [2.24, 2.45) is 0 Å². The second-order valence-electron chi connectivity index (χ2n) is 4.56. The van der Waals surface area contributed by atoms with E-state index >= 15 is 0 Å². The van der Waals surface area contributed by atoms with Crippen LogP contribution < -0.4 is 0 Å². The number of hydrogen-bond donors (Lipinski definition) is 0. The van der Waals surface area contributed by atoms with Crippen LogP contribution in [0.15, 0.2) is 12.1 Å². The predicted molar refractivity (Wildman–Crippen MR) is 71.7 cm³/mol. The topological polar surface area (TPSA) is 0 Å². The van der Waals surface area contributed by atoms with Crippen molar-refractivity contribution in [2.75, 3.05) is 0 Å². The SMILES string of the molecule is C#CCCCCCc1ccc(C)c(C)c1C. The lowest BCUT2D eigenvalue weighted by atomic mass is 9.95. The second kappa shape index (κ2) is 6.38. The molecule has 1 rings (SSSR count). The molecule has 0 heteroatoms. The average Bonchev–Trinajstić information content (AvgIpc) is 2.28. The number of rotatable bonds is 5. The minimum atomic E-state index is 0.923. The number of hydrogen-bond acceptors (Lipinski definition) is 0. The van der Waals surface area contributed by atoms with Crippen LogP contribution in [0.1, 0.15) is 47.9 Å². The molecule has 0 bridgehead atoms. The van der Waals surface area contributed by atoms with E-state index in [-0.39, 0.29) is 0 Å². The Morgan fingerprint density at radius 3 is 2.44 bits per heavy atom. The Morgan fingerprint density at radius 2 is 1.75 bits per heavy atom. The highest BCUT2D eigenvalue weighted by Crippen LogP contribution is 2.19. The third kappa shape index (κ3) is 3.42. The fourth-order valence-electron chi connectivity index (χ4n) is 2.00. The summed E-state index contributed by atoms with van der Waals surface area (Å²) in [7, 11) is 0. The van der Waals surface area contributed by atoms with E-state index in [2.05, 4.69) is 38.8 Å². The van der Waals surface area contributed by atoms with Gasteiger partial charge < -0.3 is 0 Å². The van der Waals surface area contributed by atoms with E-state index in [9.17, 15) is 0 Å². The molecule has 0 aliphatic carbocycles. The third-order valence-electron chi connectivity index (χ3n) is 3.44. The highest BCUT2D eigenvalue weighted by atomic mass is 14.1. The van der Waals surface area contributed by atoms with Gasteiger partial charge in [0.25, 0.3) is 0 Å². The third-order valence-corrected chi connectivity index (χ3v) is 3.44. The molecule has 0 aromatic heterocycles. The van der Waals surface area contributed by atoms with Crippen molar-refractivity contribution in [3.8, 4) is 12.3 Å². The molecule has 0 atom stereocenters. The molecule has 0 fully saturated rings. The van der Waals surface area contributed by atoms with E-state index in [4.69, 9.17) is 6.42 Å². The smallest absolute Gasteiger partial charge is 0.00860 e. The summed E-state index contributed by atoms with van der Waals surface area (Å²) in [5, 5.41) is 0. The van der Waals surface area contributed by atoms with Gasteiger partial charge in [0.2, 0.25) is 0 Å². The Hall–Kier alpha value is -1.22. The van der Waals surface area contributed by atoms with Crippen molar-refractivity contribution in [3.63, 3.8) is 0 Å². The molecule has 0 radical (unpaired) electrons. The summed E-state index contributed by atoms with van der Waals surface area (Å²) in [5.74, 6) is 2.69. The molecule has 0 aliphatic rings. The van der Waals surface area contributed by atoms with Gasteiger partial charge in [0, 0.05) is 6.42 Å². The highest BCUT2D eigenvalue weighted by Gasteiger charge is 2.03. The van der Waals surface area contributed by atoms with Gasteiger partial charge in [-0.1, -0.05) is 18.6 Å². The van der Waals surface area contributed by atoms with Gasteiger partial charge in [-0.3, -0.25) is 0 Å². The molecule has 1 aromatic carbocycles. The molecule has 0 aliphatic heterocycles. The lowest BCUT2D eigenvalue weighted by molar-refractivity contribution is 0.691. The van der Waals surface area contributed by atoms with Crippen molar-refractivity contribution >= 4 is 0 Å². The lowest BCUT2D eigenvalue weighted by Crippen LogP contribution is -1.95.